The molecule has 0 atom stereocenters. The van der Waals surface area contributed by atoms with Gasteiger partial charge in [-0.05, 0) is 55.9 Å². The Bertz CT molecular complexity index is 741. The molecule has 1 aliphatic rings. The van der Waals surface area contributed by atoms with E-state index in [0.717, 1.165) is 22.7 Å². The normalized spacial score (nSPS) is 16.4. The zero-order valence-corrected chi connectivity index (χ0v) is 12.6. The summed E-state index contributed by atoms with van der Waals surface area (Å²) in [5.74, 6) is 0.699. The highest BCUT2D eigenvalue weighted by atomic mass is 32.1. The van der Waals surface area contributed by atoms with Gasteiger partial charge in [-0.25, -0.2) is 0 Å². The summed E-state index contributed by atoms with van der Waals surface area (Å²) < 4.78 is 7.54. The van der Waals surface area contributed by atoms with Gasteiger partial charge in [0.25, 0.3) is 5.91 Å². The molecule has 1 aliphatic heterocycles. The van der Waals surface area contributed by atoms with E-state index in [-0.39, 0.29) is 5.91 Å². The third-order valence-electron chi connectivity index (χ3n) is 3.53. The van der Waals surface area contributed by atoms with Gasteiger partial charge in [0.15, 0.2) is 5.11 Å². The molecule has 0 saturated carbocycles. The summed E-state index contributed by atoms with van der Waals surface area (Å²) in [5.41, 5.74) is 3.64. The van der Waals surface area contributed by atoms with Crippen molar-refractivity contribution in [1.82, 2.24) is 15.2 Å². The van der Waals surface area contributed by atoms with Crippen molar-refractivity contribution in [1.29, 1.82) is 0 Å². The number of aromatic nitrogens is 1. The number of carbonyl (C=O) groups excluding carboxylic acids is 1. The minimum atomic E-state index is -0.198. The number of carbonyl (C=O) groups is 1. The standard InChI is InChI=1S/C15H15N3O2S/c1-9-6-11(7-13-14(19)17-15(21)16-13)10(2)18(9)8-12-4-3-5-20-12/h3-7H,8H2,1-2H3,(H2,16,17,19,21)/b13-7-. The van der Waals surface area contributed by atoms with Gasteiger partial charge in [-0.3, -0.25) is 10.1 Å². The Kier molecular flexibility index (Phi) is 3.39. The van der Waals surface area contributed by atoms with Crippen LogP contribution >= 0.6 is 12.2 Å². The van der Waals surface area contributed by atoms with Crippen LogP contribution in [0.3, 0.4) is 0 Å². The van der Waals surface area contributed by atoms with Crippen LogP contribution in [-0.4, -0.2) is 15.6 Å². The Morgan fingerprint density at radius 2 is 2.19 bits per heavy atom. The van der Waals surface area contributed by atoms with Gasteiger partial charge in [0, 0.05) is 11.4 Å². The number of nitrogens with one attached hydrogen (secondary N) is 2. The minimum absolute atomic E-state index is 0.198. The lowest BCUT2D eigenvalue weighted by Gasteiger charge is -2.07. The smallest absolute Gasteiger partial charge is 0.273 e. The van der Waals surface area contributed by atoms with Crippen molar-refractivity contribution >= 4 is 29.3 Å². The van der Waals surface area contributed by atoms with Gasteiger partial charge in [-0.15, -0.1) is 0 Å². The molecule has 2 aromatic rings. The minimum Gasteiger partial charge on any atom is -0.467 e. The first-order valence-electron chi connectivity index (χ1n) is 6.58. The first-order chi connectivity index (χ1) is 10.0. The summed E-state index contributed by atoms with van der Waals surface area (Å²) in [4.78, 5) is 11.7. The molecule has 5 nitrogen and oxygen atoms in total. The fourth-order valence-electron chi connectivity index (χ4n) is 2.41. The Hall–Kier alpha value is -2.34. The van der Waals surface area contributed by atoms with Crippen LogP contribution in [0.1, 0.15) is 22.7 Å². The Morgan fingerprint density at radius 1 is 1.38 bits per heavy atom. The lowest BCUT2D eigenvalue weighted by molar-refractivity contribution is -0.115. The molecule has 0 spiro atoms. The summed E-state index contributed by atoms with van der Waals surface area (Å²) in [5, 5.41) is 5.76. The van der Waals surface area contributed by atoms with Crippen LogP contribution in [0.2, 0.25) is 0 Å². The maximum Gasteiger partial charge on any atom is 0.273 e. The average molecular weight is 301 g/mol. The van der Waals surface area contributed by atoms with Crippen LogP contribution in [0, 0.1) is 13.8 Å². The molecule has 108 valence electrons. The van der Waals surface area contributed by atoms with E-state index in [9.17, 15) is 4.79 Å². The van der Waals surface area contributed by atoms with Gasteiger partial charge in [0.2, 0.25) is 0 Å². The molecule has 2 N–H and O–H groups in total. The molecule has 3 rings (SSSR count). The molecular weight excluding hydrogens is 286 g/mol. The molecule has 1 saturated heterocycles. The maximum atomic E-state index is 11.7. The molecule has 1 amide bonds. The second-order valence-electron chi connectivity index (χ2n) is 4.96. The van der Waals surface area contributed by atoms with Gasteiger partial charge >= 0.3 is 0 Å². The highest BCUT2D eigenvalue weighted by molar-refractivity contribution is 7.80. The van der Waals surface area contributed by atoms with E-state index >= 15 is 0 Å². The molecule has 0 aromatic carbocycles. The summed E-state index contributed by atoms with van der Waals surface area (Å²) in [7, 11) is 0. The number of rotatable bonds is 3. The van der Waals surface area contributed by atoms with E-state index < -0.39 is 0 Å². The third kappa shape index (κ3) is 2.62. The van der Waals surface area contributed by atoms with Gasteiger partial charge in [-0.2, -0.15) is 0 Å². The van der Waals surface area contributed by atoms with E-state index in [2.05, 4.69) is 15.2 Å². The predicted octanol–water partition coefficient (Wildman–Crippen LogP) is 2.09. The van der Waals surface area contributed by atoms with Gasteiger partial charge in [0.05, 0.1) is 12.8 Å². The number of thiocarbonyl (C=S) groups is 1. The maximum absolute atomic E-state index is 11.7. The summed E-state index contributed by atoms with van der Waals surface area (Å²) >= 11 is 4.93. The summed E-state index contributed by atoms with van der Waals surface area (Å²) in [6.07, 6.45) is 3.48. The molecule has 6 heteroatoms. The summed E-state index contributed by atoms with van der Waals surface area (Å²) in [6, 6.07) is 5.86. The Labute approximate surface area is 127 Å². The van der Waals surface area contributed by atoms with E-state index in [1.165, 1.54) is 0 Å². The molecule has 1 fully saturated rings. The van der Waals surface area contributed by atoms with E-state index in [1.54, 1.807) is 6.26 Å². The van der Waals surface area contributed by atoms with E-state index in [0.29, 0.717) is 17.4 Å². The molecule has 0 bridgehead atoms. The van der Waals surface area contributed by atoms with Gasteiger partial charge < -0.3 is 14.3 Å². The van der Waals surface area contributed by atoms with Crippen LogP contribution in [0.25, 0.3) is 6.08 Å². The first kappa shape index (κ1) is 13.6. The first-order valence-corrected chi connectivity index (χ1v) is 6.98. The fourth-order valence-corrected chi connectivity index (χ4v) is 2.62. The SMILES string of the molecule is Cc1cc(/C=C2\NC(=S)NC2=O)c(C)n1Cc1ccco1. The lowest BCUT2D eigenvalue weighted by Crippen LogP contribution is -2.21. The van der Waals surface area contributed by atoms with Gasteiger partial charge in [0.1, 0.15) is 11.5 Å². The van der Waals surface area contributed by atoms with Crippen molar-refractivity contribution in [3.63, 3.8) is 0 Å². The monoisotopic (exact) mass is 301 g/mol. The molecule has 0 radical (unpaired) electrons. The van der Waals surface area contributed by atoms with Crippen LogP contribution in [-0.2, 0) is 11.3 Å². The van der Waals surface area contributed by atoms with Crippen LogP contribution in [0.15, 0.2) is 34.6 Å². The molecule has 21 heavy (non-hydrogen) atoms. The summed E-state index contributed by atoms with van der Waals surface area (Å²) in [6.45, 7) is 4.73. The zero-order valence-electron chi connectivity index (χ0n) is 11.8. The van der Waals surface area contributed by atoms with Crippen molar-refractivity contribution in [2.24, 2.45) is 0 Å². The van der Waals surface area contributed by atoms with Crippen LogP contribution < -0.4 is 10.6 Å². The van der Waals surface area contributed by atoms with E-state index in [4.69, 9.17) is 16.6 Å². The van der Waals surface area contributed by atoms with Crippen molar-refractivity contribution in [2.75, 3.05) is 0 Å². The predicted molar refractivity (Wildman–Crippen MR) is 83.6 cm³/mol. The number of amides is 1. The number of aryl methyl sites for hydroxylation is 1. The van der Waals surface area contributed by atoms with E-state index in [1.807, 2.05) is 38.1 Å². The average Bonchev–Trinajstić information content (AvgIpc) is 3.10. The zero-order chi connectivity index (χ0) is 15.0. The number of hydrogen-bond donors (Lipinski definition) is 2. The number of nitrogens with zero attached hydrogens (tertiary/aromatic N) is 1. The molecular formula is C15H15N3O2S. The molecule has 0 unspecified atom stereocenters. The third-order valence-corrected chi connectivity index (χ3v) is 3.73. The van der Waals surface area contributed by atoms with Crippen molar-refractivity contribution in [2.45, 2.75) is 20.4 Å². The largest absolute Gasteiger partial charge is 0.467 e. The highest BCUT2D eigenvalue weighted by Gasteiger charge is 2.21. The lowest BCUT2D eigenvalue weighted by atomic mass is 10.2. The second kappa shape index (κ2) is 5.21. The van der Waals surface area contributed by atoms with Crippen molar-refractivity contribution in [3.05, 3.63) is 52.9 Å². The second-order valence-corrected chi connectivity index (χ2v) is 5.37. The Morgan fingerprint density at radius 3 is 2.81 bits per heavy atom. The molecule has 3 heterocycles. The van der Waals surface area contributed by atoms with Gasteiger partial charge in [-0.1, -0.05) is 0 Å². The number of hydrogen-bond acceptors (Lipinski definition) is 3. The topological polar surface area (TPSA) is 59.2 Å². The van der Waals surface area contributed by atoms with Crippen LogP contribution in [0.4, 0.5) is 0 Å². The number of furan rings is 1. The quantitative estimate of drug-likeness (QED) is 0.673. The fraction of sp³-hybridized carbons (Fsp3) is 0.200. The van der Waals surface area contributed by atoms with Crippen molar-refractivity contribution in [3.8, 4) is 0 Å². The van der Waals surface area contributed by atoms with Crippen molar-refractivity contribution < 1.29 is 9.21 Å². The Balaban J connectivity index is 1.93. The molecule has 2 aromatic heterocycles. The highest BCUT2D eigenvalue weighted by Crippen LogP contribution is 2.20. The van der Waals surface area contributed by atoms with Crippen LogP contribution in [0.5, 0.6) is 0 Å². The molecule has 0 aliphatic carbocycles.